The molecule has 0 atom stereocenters. The van der Waals surface area contributed by atoms with Crippen LogP contribution in [0.5, 0.6) is 11.5 Å². The van der Waals surface area contributed by atoms with Crippen molar-refractivity contribution < 1.29 is 22.7 Å². The SMILES string of the molecule is COc1cc(Br)c(/C=C(\C#N)C(=O)Nc2ccc(S(N)(=O)=O)cc2)cc1OC. The highest BCUT2D eigenvalue weighted by atomic mass is 79.9. The van der Waals surface area contributed by atoms with Gasteiger partial charge in [0.05, 0.1) is 19.1 Å². The molecule has 0 aromatic heterocycles. The first kappa shape index (κ1) is 21.4. The molecule has 2 aromatic carbocycles. The lowest BCUT2D eigenvalue weighted by atomic mass is 10.1. The van der Waals surface area contributed by atoms with Crippen LogP contribution in [0.15, 0.2) is 51.3 Å². The van der Waals surface area contributed by atoms with E-state index in [2.05, 4.69) is 21.2 Å². The number of methoxy groups -OCH3 is 2. The van der Waals surface area contributed by atoms with Gasteiger partial charge in [0.1, 0.15) is 11.6 Å². The molecule has 3 N–H and O–H groups in total. The zero-order chi connectivity index (χ0) is 20.9. The molecule has 0 saturated carbocycles. The Kier molecular flexibility index (Phi) is 6.80. The first-order valence-electron chi connectivity index (χ1n) is 7.67. The van der Waals surface area contributed by atoms with Crippen LogP contribution in [-0.2, 0) is 14.8 Å². The van der Waals surface area contributed by atoms with Crippen LogP contribution in [0.3, 0.4) is 0 Å². The molecule has 0 spiro atoms. The number of nitriles is 1. The lowest BCUT2D eigenvalue weighted by molar-refractivity contribution is -0.112. The van der Waals surface area contributed by atoms with E-state index in [9.17, 15) is 18.5 Å². The summed E-state index contributed by atoms with van der Waals surface area (Å²) >= 11 is 3.36. The number of benzene rings is 2. The third-order valence-corrected chi connectivity index (χ3v) is 5.22. The average molecular weight is 466 g/mol. The van der Waals surface area contributed by atoms with Gasteiger partial charge in [-0.1, -0.05) is 15.9 Å². The molecule has 0 unspecified atom stereocenters. The van der Waals surface area contributed by atoms with E-state index in [0.29, 0.717) is 27.2 Å². The highest BCUT2D eigenvalue weighted by Crippen LogP contribution is 2.34. The fraction of sp³-hybridized carbons (Fsp3) is 0.111. The van der Waals surface area contributed by atoms with Crippen LogP contribution in [0.25, 0.3) is 6.08 Å². The first-order valence-corrected chi connectivity index (χ1v) is 10.0. The molecule has 0 heterocycles. The summed E-state index contributed by atoms with van der Waals surface area (Å²) in [5, 5.41) is 16.9. The Bertz CT molecular complexity index is 1070. The minimum absolute atomic E-state index is 0.0872. The number of nitrogens with one attached hydrogen (secondary N) is 1. The van der Waals surface area contributed by atoms with E-state index in [0.717, 1.165) is 0 Å². The number of hydrogen-bond acceptors (Lipinski definition) is 6. The van der Waals surface area contributed by atoms with Crippen molar-refractivity contribution in [3.63, 3.8) is 0 Å². The summed E-state index contributed by atoms with van der Waals surface area (Å²) in [5.74, 6) is 0.269. The Hall–Kier alpha value is -2.87. The van der Waals surface area contributed by atoms with Crippen molar-refractivity contribution in [2.75, 3.05) is 19.5 Å². The van der Waals surface area contributed by atoms with E-state index in [4.69, 9.17) is 14.6 Å². The molecule has 146 valence electrons. The third kappa shape index (κ3) is 5.10. The van der Waals surface area contributed by atoms with Gasteiger partial charge in [-0.3, -0.25) is 4.79 Å². The Morgan fingerprint density at radius 2 is 1.75 bits per heavy atom. The number of anilines is 1. The zero-order valence-electron chi connectivity index (χ0n) is 14.9. The fourth-order valence-electron chi connectivity index (χ4n) is 2.21. The molecule has 0 aliphatic carbocycles. The van der Waals surface area contributed by atoms with Crippen molar-refractivity contribution >= 4 is 43.6 Å². The summed E-state index contributed by atoms with van der Waals surface area (Å²) in [7, 11) is -0.861. The van der Waals surface area contributed by atoms with E-state index in [1.54, 1.807) is 12.1 Å². The molecular formula is C18H16BrN3O5S. The van der Waals surface area contributed by atoms with Gasteiger partial charge in [-0.2, -0.15) is 5.26 Å². The number of nitrogens with two attached hydrogens (primary N) is 1. The predicted molar refractivity (Wildman–Crippen MR) is 107 cm³/mol. The second-order valence-corrected chi connectivity index (χ2v) is 7.84. The number of hydrogen-bond donors (Lipinski definition) is 2. The van der Waals surface area contributed by atoms with E-state index < -0.39 is 15.9 Å². The number of carbonyl (C=O) groups is 1. The molecule has 0 aliphatic rings. The molecular weight excluding hydrogens is 450 g/mol. The monoisotopic (exact) mass is 465 g/mol. The Labute approximate surface area is 170 Å². The van der Waals surface area contributed by atoms with Gasteiger partial charge in [-0.05, 0) is 48.0 Å². The van der Waals surface area contributed by atoms with Gasteiger partial charge < -0.3 is 14.8 Å². The second-order valence-electron chi connectivity index (χ2n) is 5.42. The highest BCUT2D eigenvalue weighted by Gasteiger charge is 2.14. The standard InChI is InChI=1S/C18H16BrN3O5S/c1-26-16-8-11(15(19)9-17(16)27-2)7-12(10-20)18(23)22-13-3-5-14(6-4-13)28(21,24)25/h3-9H,1-2H3,(H,22,23)(H2,21,24,25)/b12-7+. The smallest absolute Gasteiger partial charge is 0.266 e. The van der Waals surface area contributed by atoms with Crippen LogP contribution in [0.1, 0.15) is 5.56 Å². The number of rotatable bonds is 6. The molecule has 0 bridgehead atoms. The van der Waals surface area contributed by atoms with Gasteiger partial charge in [0, 0.05) is 10.2 Å². The van der Waals surface area contributed by atoms with Gasteiger partial charge in [0.15, 0.2) is 11.5 Å². The summed E-state index contributed by atoms with van der Waals surface area (Å²) in [6.45, 7) is 0. The number of ether oxygens (including phenoxy) is 2. The molecule has 2 aromatic rings. The molecule has 10 heteroatoms. The number of sulfonamides is 1. The van der Waals surface area contributed by atoms with Crippen LogP contribution in [0, 0.1) is 11.3 Å². The molecule has 2 rings (SSSR count). The Morgan fingerprint density at radius 1 is 1.18 bits per heavy atom. The van der Waals surface area contributed by atoms with Crippen LogP contribution >= 0.6 is 15.9 Å². The lowest BCUT2D eigenvalue weighted by Crippen LogP contribution is -2.14. The molecule has 0 saturated heterocycles. The summed E-state index contributed by atoms with van der Waals surface area (Å²) in [6, 6.07) is 10.4. The molecule has 0 radical (unpaired) electrons. The van der Waals surface area contributed by atoms with Crippen LogP contribution < -0.4 is 19.9 Å². The maximum atomic E-state index is 12.4. The Morgan fingerprint density at radius 3 is 2.25 bits per heavy atom. The molecule has 0 aliphatic heterocycles. The van der Waals surface area contributed by atoms with Crippen LogP contribution in [-0.4, -0.2) is 28.5 Å². The first-order chi connectivity index (χ1) is 13.2. The van der Waals surface area contributed by atoms with E-state index in [1.807, 2.05) is 6.07 Å². The van der Waals surface area contributed by atoms with Crippen LogP contribution in [0.2, 0.25) is 0 Å². The number of nitrogens with zero attached hydrogens (tertiary/aromatic N) is 1. The summed E-state index contributed by atoms with van der Waals surface area (Å²) in [4.78, 5) is 12.3. The van der Waals surface area contributed by atoms with Crippen molar-refractivity contribution in [1.82, 2.24) is 0 Å². The van der Waals surface area contributed by atoms with E-state index >= 15 is 0 Å². The van der Waals surface area contributed by atoms with E-state index in [1.165, 1.54) is 44.6 Å². The average Bonchev–Trinajstić information content (AvgIpc) is 2.66. The fourth-order valence-corrected chi connectivity index (χ4v) is 3.16. The molecule has 0 fully saturated rings. The maximum Gasteiger partial charge on any atom is 0.266 e. The minimum Gasteiger partial charge on any atom is -0.493 e. The number of primary sulfonamides is 1. The van der Waals surface area contributed by atoms with Crippen molar-refractivity contribution in [3.8, 4) is 17.6 Å². The van der Waals surface area contributed by atoms with Gasteiger partial charge >= 0.3 is 0 Å². The third-order valence-electron chi connectivity index (χ3n) is 3.61. The van der Waals surface area contributed by atoms with Crippen molar-refractivity contribution in [2.45, 2.75) is 4.90 Å². The van der Waals surface area contributed by atoms with Gasteiger partial charge in [0.2, 0.25) is 10.0 Å². The van der Waals surface area contributed by atoms with Crippen molar-refractivity contribution in [3.05, 3.63) is 52.0 Å². The van der Waals surface area contributed by atoms with E-state index in [-0.39, 0.29) is 10.5 Å². The highest BCUT2D eigenvalue weighted by molar-refractivity contribution is 9.10. The van der Waals surface area contributed by atoms with Crippen molar-refractivity contribution in [1.29, 1.82) is 5.26 Å². The second kappa shape index (κ2) is 8.88. The van der Waals surface area contributed by atoms with Crippen LogP contribution in [0.4, 0.5) is 5.69 Å². The number of amides is 1. The van der Waals surface area contributed by atoms with Gasteiger partial charge in [-0.15, -0.1) is 0 Å². The summed E-state index contributed by atoms with van der Waals surface area (Å²) < 4.78 is 33.6. The summed E-state index contributed by atoms with van der Waals surface area (Å²) in [6.07, 6.45) is 1.39. The largest absolute Gasteiger partial charge is 0.493 e. The lowest BCUT2D eigenvalue weighted by Gasteiger charge is -2.10. The topological polar surface area (TPSA) is 132 Å². The molecule has 1 amide bonds. The molecule has 28 heavy (non-hydrogen) atoms. The zero-order valence-corrected chi connectivity index (χ0v) is 17.3. The van der Waals surface area contributed by atoms with Crippen molar-refractivity contribution in [2.24, 2.45) is 5.14 Å². The Balaban J connectivity index is 2.30. The normalized spacial score (nSPS) is 11.5. The summed E-state index contributed by atoms with van der Waals surface area (Å²) in [5.41, 5.74) is 0.683. The van der Waals surface area contributed by atoms with Gasteiger partial charge in [0.25, 0.3) is 5.91 Å². The number of carbonyl (C=O) groups excluding carboxylic acids is 1. The predicted octanol–water partition coefficient (Wildman–Crippen LogP) is 2.66. The minimum atomic E-state index is -3.83. The number of halogens is 1. The quantitative estimate of drug-likeness (QED) is 0.497. The molecule has 8 nitrogen and oxygen atoms in total. The maximum absolute atomic E-state index is 12.4. The van der Waals surface area contributed by atoms with Gasteiger partial charge in [-0.25, -0.2) is 13.6 Å².